The van der Waals surface area contributed by atoms with Gasteiger partial charge in [-0.1, -0.05) is 66.9 Å². The molecular formula is C27H28Cl2N2O5S. The fraction of sp³-hybridized carbons (Fsp3) is 0.259. The number of carbonyl (C=O) groups excluding carboxylic acids is 2. The standard InChI is InChI=1S/C27H28Cl2N2O5S/c1-2-3-17-36-27(33)21-9-12-23(13-10-21)30-26(32)19-31(16-15-20-7-5-4-6-8-20)37(34,35)25-18-22(28)11-14-24(25)29/h4-14,18H,2-3,15-17,19H2,1H3,(H,30,32). The van der Waals surface area contributed by atoms with E-state index in [-0.39, 0.29) is 21.5 Å². The minimum absolute atomic E-state index is 0.0101. The topological polar surface area (TPSA) is 92.8 Å². The first kappa shape index (κ1) is 28.7. The number of nitrogens with zero attached hydrogens (tertiary/aromatic N) is 1. The van der Waals surface area contributed by atoms with Crippen LogP contribution in [0.25, 0.3) is 0 Å². The highest BCUT2D eigenvalue weighted by Gasteiger charge is 2.29. The number of benzene rings is 3. The summed E-state index contributed by atoms with van der Waals surface area (Å²) < 4.78 is 33.2. The number of nitrogens with one attached hydrogen (secondary N) is 1. The summed E-state index contributed by atoms with van der Waals surface area (Å²) in [7, 11) is -4.15. The molecule has 0 aliphatic rings. The van der Waals surface area contributed by atoms with Crippen LogP contribution in [0.15, 0.2) is 77.7 Å². The second-order valence-corrected chi connectivity index (χ2v) is 11.0. The normalized spacial score (nSPS) is 11.4. The summed E-state index contributed by atoms with van der Waals surface area (Å²) in [6, 6.07) is 19.7. The molecule has 3 rings (SSSR count). The second-order valence-electron chi connectivity index (χ2n) is 8.26. The molecule has 0 heterocycles. The van der Waals surface area contributed by atoms with E-state index in [4.69, 9.17) is 27.9 Å². The molecule has 1 N–H and O–H groups in total. The van der Waals surface area contributed by atoms with Gasteiger partial charge >= 0.3 is 5.97 Å². The van der Waals surface area contributed by atoms with Gasteiger partial charge in [-0.3, -0.25) is 4.79 Å². The Balaban J connectivity index is 1.75. The Bertz CT molecular complexity index is 1320. The summed E-state index contributed by atoms with van der Waals surface area (Å²) in [6.45, 7) is 1.95. The molecule has 0 saturated carbocycles. The number of hydrogen-bond acceptors (Lipinski definition) is 5. The van der Waals surface area contributed by atoms with Crippen LogP contribution < -0.4 is 5.32 Å². The summed E-state index contributed by atoms with van der Waals surface area (Å²) in [5.41, 5.74) is 1.69. The van der Waals surface area contributed by atoms with E-state index in [0.717, 1.165) is 22.7 Å². The first-order valence-corrected chi connectivity index (χ1v) is 14.0. The monoisotopic (exact) mass is 562 g/mol. The van der Waals surface area contributed by atoms with Crippen molar-refractivity contribution >= 4 is 50.8 Å². The largest absolute Gasteiger partial charge is 0.462 e. The lowest BCUT2D eigenvalue weighted by atomic mass is 10.1. The maximum absolute atomic E-state index is 13.5. The van der Waals surface area contributed by atoms with E-state index in [2.05, 4.69) is 5.32 Å². The molecule has 1 amide bonds. The van der Waals surface area contributed by atoms with Crippen LogP contribution in [0.4, 0.5) is 5.69 Å². The van der Waals surface area contributed by atoms with Crippen molar-refractivity contribution in [2.45, 2.75) is 31.1 Å². The van der Waals surface area contributed by atoms with Crippen LogP contribution in [-0.4, -0.2) is 44.3 Å². The molecule has 0 aliphatic carbocycles. The Morgan fingerprint density at radius 3 is 2.35 bits per heavy atom. The number of ether oxygens (including phenoxy) is 1. The van der Waals surface area contributed by atoms with Gasteiger partial charge in [0.15, 0.2) is 0 Å². The van der Waals surface area contributed by atoms with Crippen molar-refractivity contribution in [1.29, 1.82) is 0 Å². The lowest BCUT2D eigenvalue weighted by molar-refractivity contribution is -0.116. The smallest absolute Gasteiger partial charge is 0.338 e. The molecule has 0 bridgehead atoms. The summed E-state index contributed by atoms with van der Waals surface area (Å²) >= 11 is 12.2. The molecular weight excluding hydrogens is 535 g/mol. The third-order valence-electron chi connectivity index (χ3n) is 5.46. The van der Waals surface area contributed by atoms with Crippen molar-refractivity contribution in [1.82, 2.24) is 4.31 Å². The number of unbranched alkanes of at least 4 members (excludes halogenated alkanes) is 1. The number of anilines is 1. The van der Waals surface area contributed by atoms with Gasteiger partial charge in [0, 0.05) is 17.3 Å². The minimum Gasteiger partial charge on any atom is -0.462 e. The van der Waals surface area contributed by atoms with Gasteiger partial charge in [-0.15, -0.1) is 0 Å². The molecule has 37 heavy (non-hydrogen) atoms. The lowest BCUT2D eigenvalue weighted by Crippen LogP contribution is -2.39. The van der Waals surface area contributed by atoms with Gasteiger partial charge in [0.2, 0.25) is 15.9 Å². The second kappa shape index (κ2) is 13.6. The van der Waals surface area contributed by atoms with Crippen molar-refractivity contribution in [3.05, 3.63) is 94.0 Å². The first-order valence-electron chi connectivity index (χ1n) is 11.8. The number of hydrogen-bond donors (Lipinski definition) is 1. The lowest BCUT2D eigenvalue weighted by Gasteiger charge is -2.22. The van der Waals surface area contributed by atoms with E-state index in [9.17, 15) is 18.0 Å². The van der Waals surface area contributed by atoms with E-state index in [0.29, 0.717) is 24.3 Å². The third kappa shape index (κ3) is 8.30. The molecule has 10 heteroatoms. The molecule has 7 nitrogen and oxygen atoms in total. The highest BCUT2D eigenvalue weighted by atomic mass is 35.5. The minimum atomic E-state index is -4.15. The van der Waals surface area contributed by atoms with Crippen LogP contribution in [-0.2, 0) is 26.0 Å². The predicted octanol–water partition coefficient (Wildman–Crippen LogP) is 5.82. The summed E-state index contributed by atoms with van der Waals surface area (Å²) in [6.07, 6.45) is 2.09. The van der Waals surface area contributed by atoms with Gasteiger partial charge < -0.3 is 10.1 Å². The maximum atomic E-state index is 13.5. The van der Waals surface area contributed by atoms with Gasteiger partial charge in [0.1, 0.15) is 4.90 Å². The number of amides is 1. The summed E-state index contributed by atoms with van der Waals surface area (Å²) in [5, 5.41) is 2.90. The number of esters is 1. The zero-order valence-electron chi connectivity index (χ0n) is 20.3. The van der Waals surface area contributed by atoms with Crippen molar-refractivity contribution in [3.63, 3.8) is 0 Å². The zero-order chi connectivity index (χ0) is 26.8. The van der Waals surface area contributed by atoms with Crippen LogP contribution in [0.5, 0.6) is 0 Å². The number of carbonyl (C=O) groups is 2. The van der Waals surface area contributed by atoms with E-state index in [1.807, 2.05) is 37.3 Å². The van der Waals surface area contributed by atoms with E-state index in [1.54, 1.807) is 24.3 Å². The highest BCUT2D eigenvalue weighted by molar-refractivity contribution is 7.89. The van der Waals surface area contributed by atoms with E-state index < -0.39 is 28.4 Å². The number of sulfonamides is 1. The third-order valence-corrected chi connectivity index (χ3v) is 8.02. The molecule has 0 atom stereocenters. The summed E-state index contributed by atoms with van der Waals surface area (Å²) in [4.78, 5) is 24.8. The Morgan fingerprint density at radius 2 is 1.68 bits per heavy atom. The van der Waals surface area contributed by atoms with E-state index >= 15 is 0 Å². The molecule has 0 saturated heterocycles. The van der Waals surface area contributed by atoms with Crippen molar-refractivity contribution < 1.29 is 22.7 Å². The molecule has 0 radical (unpaired) electrons. The molecule has 0 aliphatic heterocycles. The number of rotatable bonds is 12. The van der Waals surface area contributed by atoms with Crippen LogP contribution in [0.2, 0.25) is 10.0 Å². The Morgan fingerprint density at radius 1 is 0.973 bits per heavy atom. The molecule has 0 fully saturated rings. The highest BCUT2D eigenvalue weighted by Crippen LogP contribution is 2.28. The SMILES string of the molecule is CCCCOC(=O)c1ccc(NC(=O)CN(CCc2ccccc2)S(=O)(=O)c2cc(Cl)ccc2Cl)cc1. The molecule has 3 aromatic rings. The molecule has 0 unspecified atom stereocenters. The molecule has 3 aromatic carbocycles. The predicted molar refractivity (Wildman–Crippen MR) is 146 cm³/mol. The van der Waals surface area contributed by atoms with Gasteiger partial charge in [-0.05, 0) is 60.9 Å². The van der Waals surface area contributed by atoms with Crippen molar-refractivity contribution in [2.24, 2.45) is 0 Å². The van der Waals surface area contributed by atoms with Crippen LogP contribution in [0.1, 0.15) is 35.7 Å². The first-order chi connectivity index (χ1) is 17.7. The fourth-order valence-electron chi connectivity index (χ4n) is 3.44. The maximum Gasteiger partial charge on any atom is 0.338 e. The summed E-state index contributed by atoms with van der Waals surface area (Å²) in [5.74, 6) is -0.990. The Hall–Kier alpha value is -2.91. The van der Waals surface area contributed by atoms with E-state index in [1.165, 1.54) is 18.2 Å². The van der Waals surface area contributed by atoms with Crippen molar-refractivity contribution in [2.75, 3.05) is 25.0 Å². The molecule has 196 valence electrons. The van der Waals surface area contributed by atoms with Crippen LogP contribution >= 0.6 is 23.2 Å². The molecule has 0 spiro atoms. The van der Waals surface area contributed by atoms with Gasteiger partial charge in [-0.25, -0.2) is 13.2 Å². The quantitative estimate of drug-likeness (QED) is 0.221. The average Bonchev–Trinajstić information content (AvgIpc) is 2.89. The zero-order valence-corrected chi connectivity index (χ0v) is 22.7. The fourth-order valence-corrected chi connectivity index (χ4v) is 5.57. The molecule has 0 aromatic heterocycles. The van der Waals surface area contributed by atoms with Gasteiger partial charge in [0.05, 0.1) is 23.7 Å². The van der Waals surface area contributed by atoms with Crippen molar-refractivity contribution in [3.8, 4) is 0 Å². The van der Waals surface area contributed by atoms with Gasteiger partial charge in [-0.2, -0.15) is 4.31 Å². The number of halogens is 2. The Kier molecular flexibility index (Phi) is 10.5. The van der Waals surface area contributed by atoms with Crippen LogP contribution in [0.3, 0.4) is 0 Å². The average molecular weight is 564 g/mol. The van der Waals surface area contributed by atoms with Crippen LogP contribution in [0, 0.1) is 0 Å². The Labute approximate surface area is 227 Å². The van der Waals surface area contributed by atoms with Gasteiger partial charge in [0.25, 0.3) is 0 Å².